The summed E-state index contributed by atoms with van der Waals surface area (Å²) in [6, 6.07) is 17.1. The van der Waals surface area contributed by atoms with Gasteiger partial charge in [0.1, 0.15) is 0 Å². The number of urea groups is 1. The summed E-state index contributed by atoms with van der Waals surface area (Å²) in [7, 11) is 0. The van der Waals surface area contributed by atoms with Gasteiger partial charge in [-0.15, -0.1) is 0 Å². The summed E-state index contributed by atoms with van der Waals surface area (Å²) in [5.74, 6) is -1.32. The Hall–Kier alpha value is -5.69. The number of nitrogens with zero attached hydrogens (tertiary/aromatic N) is 4. The summed E-state index contributed by atoms with van der Waals surface area (Å²) in [4.78, 5) is 57.2. The van der Waals surface area contributed by atoms with E-state index in [0.29, 0.717) is 44.7 Å². The molecule has 2 aliphatic heterocycles. The maximum atomic E-state index is 14.1. The molecule has 4 amide bonds. The van der Waals surface area contributed by atoms with Gasteiger partial charge in [0, 0.05) is 68.0 Å². The summed E-state index contributed by atoms with van der Waals surface area (Å²) < 4.78 is 0. The predicted molar refractivity (Wildman–Crippen MR) is 229 cm³/mol. The van der Waals surface area contributed by atoms with Crippen molar-refractivity contribution >= 4 is 52.3 Å². The second-order valence-corrected chi connectivity index (χ2v) is 15.6. The molecule has 0 spiro atoms. The van der Waals surface area contributed by atoms with Gasteiger partial charge in [0.15, 0.2) is 0 Å². The summed E-state index contributed by atoms with van der Waals surface area (Å²) in [6.45, 7) is 9.98. The van der Waals surface area contributed by atoms with E-state index in [-0.39, 0.29) is 36.7 Å². The first-order valence-electron chi connectivity index (χ1n) is 20.4. The van der Waals surface area contributed by atoms with E-state index >= 15 is 0 Å². The molecule has 2 aliphatic rings. The Bertz CT molecular complexity index is 2040. The fraction of sp³-hybridized carbons (Fsp3) is 0.444. The van der Waals surface area contributed by atoms with Crippen LogP contribution < -0.4 is 16.0 Å². The monoisotopic (exact) mass is 790 g/mol. The van der Waals surface area contributed by atoms with Crippen LogP contribution >= 0.6 is 0 Å². The third-order valence-corrected chi connectivity index (χ3v) is 11.3. The molecule has 0 saturated carbocycles. The molecule has 2 atom stereocenters. The number of aliphatic carboxylic acids is 1. The number of benzene rings is 2. The number of allylic oxidation sites excluding steroid dienone is 1. The number of pyridine rings is 1. The summed E-state index contributed by atoms with van der Waals surface area (Å²) >= 11 is 0. The quantitative estimate of drug-likeness (QED) is 0.0590. The number of hydrogen-bond donors (Lipinski definition) is 5. The van der Waals surface area contributed by atoms with Gasteiger partial charge in [-0.1, -0.05) is 76.1 Å². The van der Waals surface area contributed by atoms with Crippen LogP contribution in [0.25, 0.3) is 10.9 Å². The molecule has 0 aliphatic carbocycles. The molecule has 3 heterocycles. The number of unbranched alkanes of at least 4 members (excludes halogenated alkanes) is 3. The van der Waals surface area contributed by atoms with Crippen LogP contribution in [0, 0.1) is 11.3 Å². The molecule has 0 fully saturated rings. The lowest BCUT2D eigenvalue weighted by Gasteiger charge is -2.34. The maximum absolute atomic E-state index is 14.1. The Morgan fingerprint density at radius 2 is 1.78 bits per heavy atom. The van der Waals surface area contributed by atoms with Crippen molar-refractivity contribution in [2.75, 3.05) is 38.0 Å². The van der Waals surface area contributed by atoms with Crippen molar-refractivity contribution in [1.29, 1.82) is 5.41 Å². The van der Waals surface area contributed by atoms with E-state index in [1.54, 1.807) is 16.1 Å². The lowest BCUT2D eigenvalue weighted by atomic mass is 9.84. The Balaban J connectivity index is 1.19. The Morgan fingerprint density at radius 3 is 2.50 bits per heavy atom. The number of rotatable bonds is 20. The van der Waals surface area contributed by atoms with Gasteiger partial charge in [0.2, 0.25) is 5.91 Å². The van der Waals surface area contributed by atoms with Crippen LogP contribution in [0.2, 0.25) is 0 Å². The molecule has 0 radical (unpaired) electrons. The van der Waals surface area contributed by atoms with E-state index in [9.17, 15) is 19.2 Å². The first kappa shape index (κ1) is 43.4. The van der Waals surface area contributed by atoms with E-state index in [4.69, 9.17) is 15.6 Å². The molecule has 2 aromatic carbocycles. The van der Waals surface area contributed by atoms with Crippen molar-refractivity contribution in [3.63, 3.8) is 0 Å². The number of fused-ring (bicyclic) bond motifs is 1. The minimum absolute atomic E-state index is 0.0408. The van der Waals surface area contributed by atoms with Crippen LogP contribution in [0.3, 0.4) is 0 Å². The number of hydrazone groups is 1. The third kappa shape index (κ3) is 11.5. The van der Waals surface area contributed by atoms with Crippen molar-refractivity contribution < 1.29 is 24.3 Å². The number of aromatic nitrogens is 1. The maximum Gasteiger partial charge on any atom is 0.322 e. The molecule has 308 valence electrons. The van der Waals surface area contributed by atoms with Crippen LogP contribution in [0.4, 0.5) is 10.5 Å². The van der Waals surface area contributed by atoms with E-state index < -0.39 is 17.4 Å². The van der Waals surface area contributed by atoms with Crippen molar-refractivity contribution in [3.05, 3.63) is 95.2 Å². The molecule has 0 saturated heterocycles. The van der Waals surface area contributed by atoms with Crippen LogP contribution in [0.1, 0.15) is 96.1 Å². The van der Waals surface area contributed by atoms with Gasteiger partial charge in [-0.05, 0) is 85.1 Å². The number of carboxylic acid groups (broad SMARTS) is 1. The minimum atomic E-state index is -0.851. The lowest BCUT2D eigenvalue weighted by molar-refractivity contribution is -0.137. The molecule has 3 aromatic rings. The van der Waals surface area contributed by atoms with Gasteiger partial charge in [-0.3, -0.25) is 19.4 Å². The van der Waals surface area contributed by atoms with E-state index in [0.717, 1.165) is 71.0 Å². The first-order chi connectivity index (χ1) is 27.9. The molecule has 5 rings (SSSR count). The average molecular weight is 791 g/mol. The topological polar surface area (TPSA) is 180 Å². The molecule has 13 heteroatoms. The fourth-order valence-electron chi connectivity index (χ4n) is 7.29. The van der Waals surface area contributed by atoms with Gasteiger partial charge < -0.3 is 31.4 Å². The highest BCUT2D eigenvalue weighted by atomic mass is 16.4. The Morgan fingerprint density at radius 1 is 1.02 bits per heavy atom. The number of hydrogen-bond acceptors (Lipinski definition) is 8. The third-order valence-electron chi connectivity index (χ3n) is 11.3. The first-order valence-corrected chi connectivity index (χ1v) is 20.4. The Kier molecular flexibility index (Phi) is 15.5. The number of nitrogens with one attached hydrogen (secondary N) is 4. The standard InChI is InChI=1S/C45H58N8O5/c1-5-6-13-33-29-52(30-34(33)27-46)44(58)50-35-19-17-32(18-20-35)40-26-38(36-14-11-16-39-37(36)15-12-24-47-39)43(57)53(51-40)25-10-8-7-9-23-48-41(54)28-49-45(4,31(2)3)22-21-42(55)56/h6,11-20,24,27,31,38,46,49H,5,7-10,21-23,25-26,28-30H2,1-4H3,(H,48,54)(H,50,58)(H,55,56)/b13-6-,46-27?. The number of carboxylic acids is 1. The van der Waals surface area contributed by atoms with Gasteiger partial charge >= 0.3 is 12.0 Å². The van der Waals surface area contributed by atoms with Crippen LogP contribution in [0.15, 0.2) is 89.2 Å². The number of anilines is 1. The van der Waals surface area contributed by atoms with E-state index in [1.165, 1.54) is 6.21 Å². The molecule has 0 bridgehead atoms. The summed E-state index contributed by atoms with van der Waals surface area (Å²) in [6.07, 6.45) is 12.1. The number of carbonyl (C=O) groups is 4. The SMILES string of the molecule is CC/C=C\C1=C(C=N)CN(C(=O)Nc2ccc(C3=NN(CCCCCCNC(=O)CNC(C)(CCC(=O)O)C(C)C)C(=O)C(c4cccc5ncccc45)C3)cc2)C1. The number of amides is 4. The Labute approximate surface area is 341 Å². The highest BCUT2D eigenvalue weighted by Gasteiger charge is 2.34. The summed E-state index contributed by atoms with van der Waals surface area (Å²) in [5.41, 5.74) is 5.37. The molecule has 13 nitrogen and oxygen atoms in total. The van der Waals surface area contributed by atoms with Gasteiger partial charge in [0.25, 0.3) is 5.91 Å². The second-order valence-electron chi connectivity index (χ2n) is 15.6. The highest BCUT2D eigenvalue weighted by molar-refractivity contribution is 6.07. The van der Waals surface area contributed by atoms with Crippen molar-refractivity contribution in [1.82, 2.24) is 25.5 Å². The van der Waals surface area contributed by atoms with Gasteiger partial charge in [0.05, 0.1) is 23.7 Å². The van der Waals surface area contributed by atoms with Crippen molar-refractivity contribution in [3.8, 4) is 0 Å². The van der Waals surface area contributed by atoms with Crippen molar-refractivity contribution in [2.45, 2.75) is 90.5 Å². The smallest absolute Gasteiger partial charge is 0.322 e. The average Bonchev–Trinajstić information content (AvgIpc) is 3.65. The molecule has 58 heavy (non-hydrogen) atoms. The van der Waals surface area contributed by atoms with E-state index in [2.05, 4.69) is 20.9 Å². The van der Waals surface area contributed by atoms with Gasteiger partial charge in [-0.2, -0.15) is 5.10 Å². The summed E-state index contributed by atoms with van der Waals surface area (Å²) in [5, 5.41) is 33.5. The van der Waals surface area contributed by atoms with E-state index in [1.807, 2.05) is 94.4 Å². The van der Waals surface area contributed by atoms with Crippen LogP contribution in [-0.4, -0.2) is 94.0 Å². The van der Waals surface area contributed by atoms with Crippen molar-refractivity contribution in [2.24, 2.45) is 11.0 Å². The lowest BCUT2D eigenvalue weighted by Crippen LogP contribution is -2.51. The van der Waals surface area contributed by atoms with Crippen LogP contribution in [-0.2, 0) is 14.4 Å². The number of carbonyl (C=O) groups excluding carboxylic acids is 3. The zero-order chi connectivity index (χ0) is 41.7. The normalized spacial score (nSPS) is 16.9. The largest absolute Gasteiger partial charge is 0.481 e. The molecular weight excluding hydrogens is 733 g/mol. The molecular formula is C45H58N8O5. The molecule has 1 aromatic heterocycles. The zero-order valence-corrected chi connectivity index (χ0v) is 34.2. The van der Waals surface area contributed by atoms with Gasteiger partial charge in [-0.25, -0.2) is 9.80 Å². The van der Waals surface area contributed by atoms with Crippen LogP contribution in [0.5, 0.6) is 0 Å². The highest BCUT2D eigenvalue weighted by Crippen LogP contribution is 2.34. The minimum Gasteiger partial charge on any atom is -0.481 e. The zero-order valence-electron chi connectivity index (χ0n) is 34.2. The second kappa shape index (κ2) is 20.6. The predicted octanol–water partition coefficient (Wildman–Crippen LogP) is 7.26. The molecule has 2 unspecified atom stereocenters. The fourth-order valence-corrected chi connectivity index (χ4v) is 7.29. The molecule has 5 N–H and O–H groups in total.